The quantitative estimate of drug-likeness (QED) is 0.110. The van der Waals surface area contributed by atoms with E-state index in [2.05, 4.69) is 126 Å². The zero-order valence-electron chi connectivity index (χ0n) is 27.4. The average molecular weight is 614 g/mol. The standard InChI is InChI=1S/C42H36BNO3/c1-7-26(8-2)39-31-14-9-10-15-32(31)40(29-19-22-38(44-25-29)43-46-41(3,4)42(5,6)47-43)33-20-17-27(24-35(33)39)28-18-21-37-34(23-28)30-13-11-12-16-36(30)45-37/h7-25H,1H2,2-6H3/b26-8+. The van der Waals surface area contributed by atoms with Gasteiger partial charge in [-0.1, -0.05) is 85.5 Å². The van der Waals surface area contributed by atoms with Crippen LogP contribution >= 0.6 is 0 Å². The van der Waals surface area contributed by atoms with Crippen molar-refractivity contribution in [2.45, 2.75) is 45.8 Å². The fourth-order valence-electron chi connectivity index (χ4n) is 6.91. The molecular formula is C42H36BNO3. The van der Waals surface area contributed by atoms with E-state index in [0.717, 1.165) is 66.1 Å². The third-order valence-electron chi connectivity index (χ3n) is 10.1. The second-order valence-electron chi connectivity index (χ2n) is 13.4. The topological polar surface area (TPSA) is 44.5 Å². The summed E-state index contributed by atoms with van der Waals surface area (Å²) in [6.45, 7) is 14.5. The molecule has 230 valence electrons. The summed E-state index contributed by atoms with van der Waals surface area (Å²) in [7, 11) is -0.512. The van der Waals surface area contributed by atoms with Crippen LogP contribution in [0.2, 0.25) is 0 Å². The van der Waals surface area contributed by atoms with Crippen molar-refractivity contribution in [3.05, 3.63) is 128 Å². The number of nitrogens with zero attached hydrogens (tertiary/aromatic N) is 1. The van der Waals surface area contributed by atoms with Gasteiger partial charge in [-0.15, -0.1) is 0 Å². The van der Waals surface area contributed by atoms with Gasteiger partial charge in [-0.05, 0) is 114 Å². The molecule has 8 rings (SSSR count). The summed E-state index contributed by atoms with van der Waals surface area (Å²) in [6.07, 6.45) is 6.06. The summed E-state index contributed by atoms with van der Waals surface area (Å²) in [5.41, 5.74) is 8.45. The summed E-state index contributed by atoms with van der Waals surface area (Å²) in [5.74, 6) is 0. The van der Waals surface area contributed by atoms with E-state index in [9.17, 15) is 0 Å². The molecule has 3 heterocycles. The second-order valence-corrected chi connectivity index (χ2v) is 13.4. The summed E-state index contributed by atoms with van der Waals surface area (Å²) < 4.78 is 18.7. The number of allylic oxidation sites excluding steroid dienone is 3. The normalized spacial score (nSPS) is 16.1. The van der Waals surface area contributed by atoms with Crippen molar-refractivity contribution in [1.82, 2.24) is 4.98 Å². The minimum absolute atomic E-state index is 0.428. The van der Waals surface area contributed by atoms with E-state index in [1.165, 1.54) is 16.3 Å². The highest BCUT2D eigenvalue weighted by molar-refractivity contribution is 6.61. The van der Waals surface area contributed by atoms with E-state index in [4.69, 9.17) is 18.7 Å². The van der Waals surface area contributed by atoms with Crippen LogP contribution in [0.5, 0.6) is 0 Å². The van der Waals surface area contributed by atoms with Crippen molar-refractivity contribution in [3.63, 3.8) is 0 Å². The highest BCUT2D eigenvalue weighted by atomic mass is 16.7. The Kier molecular flexibility index (Phi) is 6.76. The summed E-state index contributed by atoms with van der Waals surface area (Å²) in [6, 6.07) is 34.3. The number of pyridine rings is 1. The maximum absolute atomic E-state index is 6.30. The smallest absolute Gasteiger partial charge is 0.456 e. The van der Waals surface area contributed by atoms with Gasteiger partial charge in [0, 0.05) is 22.5 Å². The number of para-hydroxylation sites is 1. The molecule has 1 saturated heterocycles. The Morgan fingerprint density at radius 3 is 1.94 bits per heavy atom. The third kappa shape index (κ3) is 4.64. The number of hydrogen-bond donors (Lipinski definition) is 0. The fourth-order valence-corrected chi connectivity index (χ4v) is 6.91. The van der Waals surface area contributed by atoms with Gasteiger partial charge in [0.15, 0.2) is 0 Å². The lowest BCUT2D eigenvalue weighted by Gasteiger charge is -2.32. The van der Waals surface area contributed by atoms with Crippen molar-refractivity contribution in [1.29, 1.82) is 0 Å². The molecule has 7 aromatic rings. The van der Waals surface area contributed by atoms with Gasteiger partial charge in [0.05, 0.1) is 16.8 Å². The van der Waals surface area contributed by atoms with Crippen LogP contribution in [0.4, 0.5) is 0 Å². The fraction of sp³-hybridized carbons (Fsp3) is 0.167. The Bertz CT molecular complexity index is 2380. The number of furan rings is 1. The molecule has 47 heavy (non-hydrogen) atoms. The van der Waals surface area contributed by atoms with E-state index in [1.807, 2.05) is 30.5 Å². The molecule has 0 bridgehead atoms. The van der Waals surface area contributed by atoms with Gasteiger partial charge < -0.3 is 13.7 Å². The molecule has 0 saturated carbocycles. The first-order valence-electron chi connectivity index (χ1n) is 16.2. The van der Waals surface area contributed by atoms with Crippen molar-refractivity contribution in [2.75, 3.05) is 0 Å². The lowest BCUT2D eigenvalue weighted by Crippen LogP contribution is -2.41. The third-order valence-corrected chi connectivity index (χ3v) is 10.1. The predicted octanol–water partition coefficient (Wildman–Crippen LogP) is 10.5. The van der Waals surface area contributed by atoms with E-state index in [-0.39, 0.29) is 0 Å². The number of fused-ring (bicyclic) bond motifs is 5. The van der Waals surface area contributed by atoms with Gasteiger partial charge in [0.2, 0.25) is 0 Å². The van der Waals surface area contributed by atoms with E-state index >= 15 is 0 Å². The monoisotopic (exact) mass is 613 g/mol. The molecule has 5 aromatic carbocycles. The molecular weight excluding hydrogens is 577 g/mol. The van der Waals surface area contributed by atoms with Crippen LogP contribution in [0.15, 0.2) is 126 Å². The molecule has 1 aliphatic rings. The Labute approximate surface area is 275 Å². The van der Waals surface area contributed by atoms with E-state index in [1.54, 1.807) is 0 Å². The lowest BCUT2D eigenvalue weighted by molar-refractivity contribution is 0.00578. The number of hydrogen-bond acceptors (Lipinski definition) is 4. The summed E-state index contributed by atoms with van der Waals surface area (Å²) >= 11 is 0. The summed E-state index contributed by atoms with van der Waals surface area (Å²) in [5, 5.41) is 6.90. The molecule has 2 aromatic heterocycles. The van der Waals surface area contributed by atoms with Crippen molar-refractivity contribution in [3.8, 4) is 22.3 Å². The van der Waals surface area contributed by atoms with Gasteiger partial charge in [-0.25, -0.2) is 0 Å². The average Bonchev–Trinajstić information content (AvgIpc) is 3.56. The molecule has 5 heteroatoms. The van der Waals surface area contributed by atoms with Crippen LogP contribution < -0.4 is 5.59 Å². The molecule has 4 nitrogen and oxygen atoms in total. The Hall–Kier alpha value is -4.97. The van der Waals surface area contributed by atoms with Crippen LogP contribution in [0.1, 0.15) is 40.2 Å². The zero-order valence-corrected chi connectivity index (χ0v) is 27.4. The van der Waals surface area contributed by atoms with Gasteiger partial charge in [0.25, 0.3) is 0 Å². The zero-order chi connectivity index (χ0) is 32.5. The molecule has 0 N–H and O–H groups in total. The first-order valence-corrected chi connectivity index (χ1v) is 16.2. The molecule has 0 atom stereocenters. The number of benzene rings is 5. The number of rotatable bonds is 5. The minimum atomic E-state index is -0.512. The minimum Gasteiger partial charge on any atom is -0.456 e. The Morgan fingerprint density at radius 1 is 0.660 bits per heavy atom. The first kappa shape index (κ1) is 29.4. The largest absolute Gasteiger partial charge is 0.514 e. The molecule has 0 spiro atoms. The van der Waals surface area contributed by atoms with Gasteiger partial charge >= 0.3 is 7.12 Å². The van der Waals surface area contributed by atoms with Crippen LogP contribution in [0.3, 0.4) is 0 Å². The Balaban J connectivity index is 1.33. The molecule has 0 radical (unpaired) electrons. The SMILES string of the molecule is C=C/C(=C\C)c1c2ccccc2c(-c2ccc(B3OC(C)(C)C(C)(C)O3)nc2)c2ccc(-c3ccc4oc5ccccc5c4c3)cc12. The highest BCUT2D eigenvalue weighted by Crippen LogP contribution is 2.44. The molecule has 1 aliphatic heterocycles. The second kappa shape index (κ2) is 10.8. The van der Waals surface area contributed by atoms with Crippen LogP contribution in [0.25, 0.3) is 71.3 Å². The molecule has 1 fully saturated rings. The maximum Gasteiger partial charge on any atom is 0.514 e. The summed E-state index contributed by atoms with van der Waals surface area (Å²) in [4.78, 5) is 4.90. The maximum atomic E-state index is 6.30. The highest BCUT2D eigenvalue weighted by Gasteiger charge is 2.52. The van der Waals surface area contributed by atoms with Crippen molar-refractivity contribution in [2.24, 2.45) is 0 Å². The molecule has 0 aliphatic carbocycles. The van der Waals surface area contributed by atoms with E-state index in [0.29, 0.717) is 0 Å². The van der Waals surface area contributed by atoms with Crippen molar-refractivity contribution < 1.29 is 13.7 Å². The van der Waals surface area contributed by atoms with Crippen LogP contribution in [0, 0.1) is 0 Å². The predicted molar refractivity (Wildman–Crippen MR) is 197 cm³/mol. The Morgan fingerprint density at radius 2 is 1.26 bits per heavy atom. The first-order chi connectivity index (χ1) is 22.7. The van der Waals surface area contributed by atoms with Crippen molar-refractivity contribution >= 4 is 61.8 Å². The van der Waals surface area contributed by atoms with Crippen LogP contribution in [-0.4, -0.2) is 23.3 Å². The molecule has 0 unspecified atom stereocenters. The van der Waals surface area contributed by atoms with E-state index < -0.39 is 18.3 Å². The lowest BCUT2D eigenvalue weighted by atomic mass is 9.82. The van der Waals surface area contributed by atoms with Crippen LogP contribution in [-0.2, 0) is 9.31 Å². The number of aromatic nitrogens is 1. The molecule has 0 amide bonds. The van der Waals surface area contributed by atoms with Gasteiger partial charge in [0.1, 0.15) is 11.2 Å². The van der Waals surface area contributed by atoms with Gasteiger partial charge in [-0.2, -0.15) is 0 Å². The van der Waals surface area contributed by atoms with Gasteiger partial charge in [-0.3, -0.25) is 4.98 Å².